The molecule has 0 aromatic rings. The van der Waals surface area contributed by atoms with Gasteiger partial charge in [0.25, 0.3) is 0 Å². The molecule has 2 amide bonds. The summed E-state index contributed by atoms with van der Waals surface area (Å²) in [5.41, 5.74) is 0. The van der Waals surface area contributed by atoms with Crippen molar-refractivity contribution in [2.24, 2.45) is 11.8 Å². The van der Waals surface area contributed by atoms with Crippen molar-refractivity contribution in [3.05, 3.63) is 12.7 Å². The molecule has 18 heavy (non-hydrogen) atoms. The number of rotatable bonds is 2. The number of likely N-dealkylation sites (tertiary alicyclic amines) is 2. The van der Waals surface area contributed by atoms with Gasteiger partial charge in [-0.15, -0.1) is 6.42 Å². The van der Waals surface area contributed by atoms with Crippen LogP contribution in [0.4, 0.5) is 0 Å². The number of hydrogen-bond acceptors (Lipinski definition) is 2. The maximum absolute atomic E-state index is 12.2. The lowest BCUT2D eigenvalue weighted by Gasteiger charge is -2.41. The molecule has 1 atom stereocenters. The third-order valence-corrected chi connectivity index (χ3v) is 3.69. The quantitative estimate of drug-likeness (QED) is 0.526. The molecule has 1 unspecified atom stereocenters. The minimum absolute atomic E-state index is 0.0682. The van der Waals surface area contributed by atoms with Gasteiger partial charge in [0, 0.05) is 26.2 Å². The van der Waals surface area contributed by atoms with E-state index in [0.29, 0.717) is 19.6 Å². The van der Waals surface area contributed by atoms with E-state index in [1.165, 1.54) is 6.08 Å². The number of amides is 2. The zero-order chi connectivity index (χ0) is 13.1. The first-order valence-electron chi connectivity index (χ1n) is 6.32. The zero-order valence-electron chi connectivity index (χ0n) is 10.5. The van der Waals surface area contributed by atoms with Gasteiger partial charge in [-0.1, -0.05) is 12.5 Å². The van der Waals surface area contributed by atoms with Gasteiger partial charge in [-0.2, -0.15) is 0 Å². The fraction of sp³-hybridized carbons (Fsp3) is 0.571. The van der Waals surface area contributed by atoms with Gasteiger partial charge in [0.1, 0.15) is 0 Å². The number of carbonyl (C=O) groups excluding carboxylic acids is 2. The van der Waals surface area contributed by atoms with Crippen LogP contribution in [0.5, 0.6) is 0 Å². The Balaban J connectivity index is 1.89. The summed E-state index contributed by atoms with van der Waals surface area (Å²) in [6.07, 6.45) is 8.35. The van der Waals surface area contributed by atoms with E-state index in [1.54, 1.807) is 9.80 Å². The fourth-order valence-corrected chi connectivity index (χ4v) is 2.53. The van der Waals surface area contributed by atoms with E-state index in [4.69, 9.17) is 6.42 Å². The molecule has 4 heteroatoms. The van der Waals surface area contributed by atoms with Gasteiger partial charge in [-0.3, -0.25) is 9.59 Å². The van der Waals surface area contributed by atoms with Crippen LogP contribution in [0, 0.1) is 24.2 Å². The predicted octanol–water partition coefficient (Wildman–Crippen LogP) is 0.503. The average Bonchev–Trinajstić information content (AvgIpc) is 2.36. The van der Waals surface area contributed by atoms with Crippen LogP contribution in [0.15, 0.2) is 12.7 Å². The summed E-state index contributed by atoms with van der Waals surface area (Å²) in [4.78, 5) is 27.2. The lowest BCUT2D eigenvalue weighted by molar-refractivity contribution is -0.143. The molecule has 0 bridgehead atoms. The number of terminal acetylenes is 1. The predicted molar refractivity (Wildman–Crippen MR) is 68.4 cm³/mol. The van der Waals surface area contributed by atoms with E-state index < -0.39 is 0 Å². The van der Waals surface area contributed by atoms with Crippen molar-refractivity contribution in [2.75, 3.05) is 26.2 Å². The molecule has 0 saturated carbocycles. The summed E-state index contributed by atoms with van der Waals surface area (Å²) in [6, 6.07) is 0. The molecule has 2 saturated heterocycles. The number of nitrogens with zero attached hydrogens (tertiary/aromatic N) is 2. The SMILES string of the molecule is C#CC1CN(C(=O)C2CCCN(C(=O)C=C)C2)C1. The van der Waals surface area contributed by atoms with Crippen LogP contribution in [0.2, 0.25) is 0 Å². The zero-order valence-corrected chi connectivity index (χ0v) is 10.5. The van der Waals surface area contributed by atoms with Crippen LogP contribution >= 0.6 is 0 Å². The first-order chi connectivity index (χ1) is 8.65. The van der Waals surface area contributed by atoms with Gasteiger partial charge in [-0.25, -0.2) is 0 Å². The second-order valence-corrected chi connectivity index (χ2v) is 4.93. The third kappa shape index (κ3) is 2.40. The van der Waals surface area contributed by atoms with Crippen molar-refractivity contribution < 1.29 is 9.59 Å². The topological polar surface area (TPSA) is 40.6 Å². The molecule has 0 radical (unpaired) electrons. The van der Waals surface area contributed by atoms with E-state index >= 15 is 0 Å². The van der Waals surface area contributed by atoms with Gasteiger partial charge in [0.2, 0.25) is 11.8 Å². The van der Waals surface area contributed by atoms with E-state index in [-0.39, 0.29) is 23.7 Å². The molecule has 2 fully saturated rings. The largest absolute Gasteiger partial charge is 0.340 e. The highest BCUT2D eigenvalue weighted by molar-refractivity contribution is 5.88. The van der Waals surface area contributed by atoms with Crippen molar-refractivity contribution in [3.63, 3.8) is 0 Å². The number of piperidine rings is 1. The average molecular weight is 246 g/mol. The van der Waals surface area contributed by atoms with Crippen LogP contribution in [-0.4, -0.2) is 47.8 Å². The molecule has 2 rings (SSSR count). The maximum atomic E-state index is 12.2. The molecular weight excluding hydrogens is 228 g/mol. The van der Waals surface area contributed by atoms with Gasteiger partial charge >= 0.3 is 0 Å². The van der Waals surface area contributed by atoms with E-state index in [1.807, 2.05) is 0 Å². The van der Waals surface area contributed by atoms with Crippen LogP contribution in [0.1, 0.15) is 12.8 Å². The van der Waals surface area contributed by atoms with E-state index in [9.17, 15) is 9.59 Å². The normalized spacial score (nSPS) is 24.1. The second kappa shape index (κ2) is 5.26. The molecule has 2 aliphatic rings. The van der Waals surface area contributed by atoms with Gasteiger partial charge in [0.15, 0.2) is 0 Å². The highest BCUT2D eigenvalue weighted by atomic mass is 16.2. The van der Waals surface area contributed by atoms with Crippen molar-refractivity contribution >= 4 is 11.8 Å². The lowest BCUT2D eigenvalue weighted by Crippen LogP contribution is -2.54. The van der Waals surface area contributed by atoms with Crippen LogP contribution in [-0.2, 0) is 9.59 Å². The van der Waals surface area contributed by atoms with E-state index in [2.05, 4.69) is 12.5 Å². The summed E-state index contributed by atoms with van der Waals surface area (Å²) in [5, 5.41) is 0. The Bertz CT molecular complexity index is 405. The Labute approximate surface area is 108 Å². The molecule has 2 heterocycles. The highest BCUT2D eigenvalue weighted by Gasteiger charge is 2.35. The Kier molecular flexibility index (Phi) is 3.71. The summed E-state index contributed by atoms with van der Waals surface area (Å²) in [7, 11) is 0. The minimum atomic E-state index is -0.0855. The summed E-state index contributed by atoms with van der Waals surface area (Å²) in [6.45, 7) is 6.05. The Morgan fingerprint density at radius 2 is 2.00 bits per heavy atom. The fourth-order valence-electron chi connectivity index (χ4n) is 2.53. The molecule has 0 N–H and O–H groups in total. The summed E-state index contributed by atoms with van der Waals surface area (Å²) in [5.74, 6) is 2.85. The van der Waals surface area contributed by atoms with Crippen molar-refractivity contribution in [1.29, 1.82) is 0 Å². The van der Waals surface area contributed by atoms with Crippen LogP contribution < -0.4 is 0 Å². The molecule has 2 aliphatic heterocycles. The number of hydrogen-bond donors (Lipinski definition) is 0. The first-order valence-corrected chi connectivity index (χ1v) is 6.32. The van der Waals surface area contributed by atoms with E-state index in [0.717, 1.165) is 19.4 Å². The smallest absolute Gasteiger partial charge is 0.245 e. The lowest BCUT2D eigenvalue weighted by atomic mass is 9.92. The second-order valence-electron chi connectivity index (χ2n) is 4.93. The van der Waals surface area contributed by atoms with Crippen LogP contribution in [0.25, 0.3) is 0 Å². The number of carbonyl (C=O) groups is 2. The van der Waals surface area contributed by atoms with Crippen molar-refractivity contribution in [3.8, 4) is 12.3 Å². The summed E-state index contributed by atoms with van der Waals surface area (Å²) >= 11 is 0. The molecular formula is C14H18N2O2. The molecule has 0 aromatic carbocycles. The van der Waals surface area contributed by atoms with Gasteiger partial charge < -0.3 is 9.80 Å². The minimum Gasteiger partial charge on any atom is -0.340 e. The first kappa shape index (κ1) is 12.7. The van der Waals surface area contributed by atoms with Gasteiger partial charge in [-0.05, 0) is 18.9 Å². The molecule has 0 aliphatic carbocycles. The standard InChI is InChI=1S/C14H18N2O2/c1-3-11-8-16(9-11)14(18)12-6-5-7-15(10-12)13(17)4-2/h1,4,11-12H,2,5-10H2. The Morgan fingerprint density at radius 1 is 1.28 bits per heavy atom. The van der Waals surface area contributed by atoms with Crippen molar-refractivity contribution in [2.45, 2.75) is 12.8 Å². The van der Waals surface area contributed by atoms with Crippen LogP contribution in [0.3, 0.4) is 0 Å². The molecule has 96 valence electrons. The maximum Gasteiger partial charge on any atom is 0.245 e. The van der Waals surface area contributed by atoms with Gasteiger partial charge in [0.05, 0.1) is 11.8 Å². The molecule has 0 aromatic heterocycles. The Hall–Kier alpha value is -1.76. The summed E-state index contributed by atoms with van der Waals surface area (Å²) < 4.78 is 0. The monoisotopic (exact) mass is 246 g/mol. The molecule has 0 spiro atoms. The third-order valence-electron chi connectivity index (χ3n) is 3.69. The molecule has 4 nitrogen and oxygen atoms in total. The Morgan fingerprint density at radius 3 is 2.61 bits per heavy atom. The highest BCUT2D eigenvalue weighted by Crippen LogP contribution is 2.23. The van der Waals surface area contributed by atoms with Crippen molar-refractivity contribution in [1.82, 2.24) is 9.80 Å².